The van der Waals surface area contributed by atoms with Crippen LogP contribution in [0.5, 0.6) is 0 Å². The monoisotopic (exact) mass is 141 g/mol. The summed E-state index contributed by atoms with van der Waals surface area (Å²) in [5.74, 6) is 0.579. The van der Waals surface area contributed by atoms with Crippen LogP contribution in [-0.2, 0) is 4.79 Å². The van der Waals surface area contributed by atoms with E-state index in [-0.39, 0.29) is 12.5 Å². The minimum atomic E-state index is 0.106. The second kappa shape index (κ2) is 1.95. The molecule has 3 heteroatoms. The molecule has 10 heavy (non-hydrogen) atoms. The Hall–Kier alpha value is -0.570. The highest BCUT2D eigenvalue weighted by atomic mass is 16.3. The molecule has 1 aliphatic carbocycles. The summed E-state index contributed by atoms with van der Waals surface area (Å²) in [6, 6.07) is 0.477. The van der Waals surface area contributed by atoms with Gasteiger partial charge in [0.05, 0.1) is 6.61 Å². The summed E-state index contributed by atoms with van der Waals surface area (Å²) < 4.78 is 0. The van der Waals surface area contributed by atoms with Gasteiger partial charge < -0.3 is 10.0 Å². The molecule has 2 bridgehead atoms. The molecule has 1 amide bonds. The lowest BCUT2D eigenvalue weighted by Gasteiger charge is -2.24. The third-order valence-corrected chi connectivity index (χ3v) is 2.53. The van der Waals surface area contributed by atoms with E-state index in [1.807, 2.05) is 4.90 Å². The smallest absolute Gasteiger partial charge is 0.226 e. The largest absolute Gasteiger partial charge is 0.395 e. The van der Waals surface area contributed by atoms with E-state index in [0.29, 0.717) is 18.5 Å². The Morgan fingerprint density at radius 1 is 1.60 bits per heavy atom. The van der Waals surface area contributed by atoms with Crippen LogP contribution >= 0.6 is 0 Å². The van der Waals surface area contributed by atoms with Gasteiger partial charge in [0.1, 0.15) is 0 Å². The van der Waals surface area contributed by atoms with Crippen molar-refractivity contribution in [2.75, 3.05) is 13.2 Å². The maximum absolute atomic E-state index is 11.2. The molecule has 1 N–H and O–H groups in total. The van der Waals surface area contributed by atoms with Crippen LogP contribution in [0.25, 0.3) is 0 Å². The van der Waals surface area contributed by atoms with Crippen molar-refractivity contribution in [1.29, 1.82) is 0 Å². The van der Waals surface area contributed by atoms with E-state index in [9.17, 15) is 4.79 Å². The number of carbonyl (C=O) groups is 1. The molecule has 1 saturated carbocycles. The number of fused-ring (bicyclic) bond motifs is 1. The molecule has 56 valence electrons. The Labute approximate surface area is 59.6 Å². The van der Waals surface area contributed by atoms with E-state index in [1.165, 1.54) is 0 Å². The third kappa shape index (κ3) is 0.611. The van der Waals surface area contributed by atoms with Gasteiger partial charge in [-0.15, -0.1) is 0 Å². The SMILES string of the molecule is O=C1C2CC(C2)N1CCO. The second-order valence-electron chi connectivity index (χ2n) is 3.08. The Kier molecular flexibility index (Phi) is 1.20. The van der Waals surface area contributed by atoms with E-state index < -0.39 is 0 Å². The molecule has 3 nitrogen and oxygen atoms in total. The molecule has 0 aromatic rings. The van der Waals surface area contributed by atoms with Gasteiger partial charge in [-0.25, -0.2) is 0 Å². The summed E-state index contributed by atoms with van der Waals surface area (Å²) in [6.45, 7) is 0.648. The maximum atomic E-state index is 11.2. The van der Waals surface area contributed by atoms with Crippen molar-refractivity contribution in [3.05, 3.63) is 0 Å². The van der Waals surface area contributed by atoms with Gasteiger partial charge >= 0.3 is 0 Å². The van der Waals surface area contributed by atoms with Crippen molar-refractivity contribution in [3.8, 4) is 0 Å². The van der Waals surface area contributed by atoms with E-state index in [0.717, 1.165) is 12.8 Å². The van der Waals surface area contributed by atoms with Gasteiger partial charge in [0, 0.05) is 18.5 Å². The van der Waals surface area contributed by atoms with Gasteiger partial charge in [0.2, 0.25) is 5.91 Å². The summed E-state index contributed by atoms with van der Waals surface area (Å²) >= 11 is 0. The molecule has 0 spiro atoms. The zero-order valence-electron chi connectivity index (χ0n) is 5.79. The average Bonchev–Trinajstić information content (AvgIpc) is 2.20. The van der Waals surface area contributed by atoms with E-state index >= 15 is 0 Å². The molecule has 0 aromatic carbocycles. The zero-order chi connectivity index (χ0) is 7.14. The molecular weight excluding hydrogens is 130 g/mol. The third-order valence-electron chi connectivity index (χ3n) is 2.53. The van der Waals surface area contributed by atoms with Crippen LogP contribution in [0.1, 0.15) is 12.8 Å². The number of hydrogen-bond acceptors (Lipinski definition) is 2. The number of hydrogen-bond donors (Lipinski definition) is 1. The summed E-state index contributed by atoms with van der Waals surface area (Å²) in [4.78, 5) is 13.0. The minimum Gasteiger partial charge on any atom is -0.395 e. The minimum absolute atomic E-state index is 0.106. The van der Waals surface area contributed by atoms with Crippen LogP contribution in [0.3, 0.4) is 0 Å². The normalized spacial score (nSPS) is 36.5. The van der Waals surface area contributed by atoms with Crippen LogP contribution in [0.4, 0.5) is 0 Å². The highest BCUT2D eigenvalue weighted by molar-refractivity contribution is 5.84. The molecule has 2 heterocycles. The lowest BCUT2D eigenvalue weighted by Crippen LogP contribution is -2.32. The van der Waals surface area contributed by atoms with Crippen molar-refractivity contribution < 1.29 is 9.90 Å². The molecular formula is C7H11NO2. The molecule has 0 atom stereocenters. The van der Waals surface area contributed by atoms with Gasteiger partial charge in [-0.05, 0) is 12.8 Å². The Bertz CT molecular complexity index is 163. The second-order valence-corrected chi connectivity index (χ2v) is 3.08. The van der Waals surface area contributed by atoms with Crippen molar-refractivity contribution in [2.24, 2.45) is 5.92 Å². The highest BCUT2D eigenvalue weighted by Crippen LogP contribution is 2.41. The number of carbonyl (C=O) groups excluding carboxylic acids is 1. The van der Waals surface area contributed by atoms with Crippen molar-refractivity contribution in [2.45, 2.75) is 18.9 Å². The lowest BCUT2D eigenvalue weighted by atomic mass is 9.86. The molecule has 2 saturated heterocycles. The Balaban J connectivity index is 2.02. The van der Waals surface area contributed by atoms with E-state index in [4.69, 9.17) is 5.11 Å². The molecule has 3 fully saturated rings. The summed E-state index contributed by atoms with van der Waals surface area (Å²) in [5, 5.41) is 8.59. The number of aliphatic hydroxyl groups is 1. The predicted octanol–water partition coefficient (Wildman–Crippen LogP) is -0.401. The molecule has 3 rings (SSSR count). The molecule has 2 aliphatic heterocycles. The van der Waals surface area contributed by atoms with E-state index in [1.54, 1.807) is 0 Å². The molecule has 0 radical (unpaired) electrons. The van der Waals surface area contributed by atoms with Crippen LogP contribution in [-0.4, -0.2) is 35.1 Å². The number of aliphatic hydroxyl groups excluding tert-OH is 1. The molecule has 3 aliphatic rings. The highest BCUT2D eigenvalue weighted by Gasteiger charge is 2.48. The standard InChI is InChI=1S/C7H11NO2/c9-2-1-8-6-3-5(4-6)7(8)10/h5-6,9H,1-4H2. The van der Waals surface area contributed by atoms with Crippen LogP contribution in [0.2, 0.25) is 0 Å². The summed E-state index contributed by atoms with van der Waals surface area (Å²) in [5.41, 5.74) is 0. The Morgan fingerprint density at radius 3 is 2.70 bits per heavy atom. The topological polar surface area (TPSA) is 40.5 Å². The first kappa shape index (κ1) is 6.16. The van der Waals surface area contributed by atoms with E-state index in [2.05, 4.69) is 0 Å². The van der Waals surface area contributed by atoms with Gasteiger partial charge in [0.25, 0.3) is 0 Å². The first-order valence-corrected chi connectivity index (χ1v) is 3.74. The summed E-state index contributed by atoms with van der Waals surface area (Å²) in [6.07, 6.45) is 2.08. The van der Waals surface area contributed by atoms with Gasteiger partial charge in [0.15, 0.2) is 0 Å². The molecule has 0 unspecified atom stereocenters. The van der Waals surface area contributed by atoms with Crippen molar-refractivity contribution in [1.82, 2.24) is 4.90 Å². The zero-order valence-corrected chi connectivity index (χ0v) is 5.79. The average molecular weight is 141 g/mol. The first-order chi connectivity index (χ1) is 4.83. The van der Waals surface area contributed by atoms with Crippen LogP contribution < -0.4 is 0 Å². The fourth-order valence-corrected chi connectivity index (χ4v) is 1.86. The first-order valence-electron chi connectivity index (χ1n) is 3.74. The fraction of sp³-hybridized carbons (Fsp3) is 0.857. The van der Waals surface area contributed by atoms with Crippen molar-refractivity contribution in [3.63, 3.8) is 0 Å². The van der Waals surface area contributed by atoms with Crippen LogP contribution in [0.15, 0.2) is 0 Å². The maximum Gasteiger partial charge on any atom is 0.226 e. The van der Waals surface area contributed by atoms with Crippen LogP contribution in [0, 0.1) is 5.92 Å². The van der Waals surface area contributed by atoms with Crippen molar-refractivity contribution >= 4 is 5.91 Å². The lowest BCUT2D eigenvalue weighted by molar-refractivity contribution is -0.128. The Morgan fingerprint density at radius 2 is 2.30 bits per heavy atom. The van der Waals surface area contributed by atoms with Gasteiger partial charge in [-0.3, -0.25) is 4.79 Å². The number of amides is 1. The van der Waals surface area contributed by atoms with Gasteiger partial charge in [-0.2, -0.15) is 0 Å². The number of nitrogens with zero attached hydrogens (tertiary/aromatic N) is 1. The van der Waals surface area contributed by atoms with Gasteiger partial charge in [-0.1, -0.05) is 0 Å². The predicted molar refractivity (Wildman–Crippen MR) is 35.3 cm³/mol. The quantitative estimate of drug-likeness (QED) is 0.568. The number of rotatable bonds is 2. The molecule has 0 aromatic heterocycles. The summed E-state index contributed by atoms with van der Waals surface area (Å²) in [7, 11) is 0. The fourth-order valence-electron chi connectivity index (χ4n) is 1.86.